The van der Waals surface area contributed by atoms with Gasteiger partial charge in [0.1, 0.15) is 0 Å². The fourth-order valence-corrected chi connectivity index (χ4v) is 6.60. The van der Waals surface area contributed by atoms with Gasteiger partial charge in [-0.2, -0.15) is 5.26 Å². The number of hydrogen-bond donors (Lipinski definition) is 2. The number of nitrogens with zero attached hydrogens (tertiary/aromatic N) is 2. The average molecular weight is 486 g/mol. The molecule has 2 N–H and O–H groups in total. The van der Waals surface area contributed by atoms with Gasteiger partial charge in [0.15, 0.2) is 0 Å². The summed E-state index contributed by atoms with van der Waals surface area (Å²) in [6.07, 6.45) is 8.30. The van der Waals surface area contributed by atoms with Gasteiger partial charge < -0.3 is 15.3 Å². The third kappa shape index (κ3) is 6.17. The first-order valence-corrected chi connectivity index (χ1v) is 13.8. The van der Waals surface area contributed by atoms with Gasteiger partial charge in [-0.3, -0.25) is 4.79 Å². The molecule has 2 atom stereocenters. The van der Waals surface area contributed by atoms with E-state index >= 15 is 0 Å². The van der Waals surface area contributed by atoms with E-state index in [0.29, 0.717) is 17.9 Å². The topological polar surface area (TPSA) is 76.4 Å². The van der Waals surface area contributed by atoms with Crippen LogP contribution in [0.5, 0.6) is 0 Å². The van der Waals surface area contributed by atoms with Gasteiger partial charge in [-0.05, 0) is 99.0 Å². The maximum absolute atomic E-state index is 11.3. The second-order valence-corrected chi connectivity index (χ2v) is 11.6. The number of carboxylic acid groups (broad SMARTS) is 1. The molecular formula is C31H39N3O2. The zero-order valence-electron chi connectivity index (χ0n) is 21.2. The van der Waals surface area contributed by atoms with Crippen molar-refractivity contribution in [3.05, 3.63) is 71.3 Å². The van der Waals surface area contributed by atoms with E-state index in [9.17, 15) is 15.2 Å². The van der Waals surface area contributed by atoms with Gasteiger partial charge in [0.2, 0.25) is 0 Å². The van der Waals surface area contributed by atoms with Crippen LogP contribution in [-0.4, -0.2) is 48.2 Å². The summed E-state index contributed by atoms with van der Waals surface area (Å²) >= 11 is 0. The summed E-state index contributed by atoms with van der Waals surface area (Å²) in [6, 6.07) is 21.9. The van der Waals surface area contributed by atoms with E-state index in [4.69, 9.17) is 0 Å². The molecule has 1 aliphatic heterocycles. The molecular weight excluding hydrogens is 446 g/mol. The van der Waals surface area contributed by atoms with E-state index in [1.807, 2.05) is 12.1 Å². The first-order chi connectivity index (χ1) is 17.5. The van der Waals surface area contributed by atoms with E-state index in [1.54, 1.807) is 0 Å². The Morgan fingerprint density at radius 1 is 1.06 bits per heavy atom. The lowest BCUT2D eigenvalue weighted by atomic mass is 9.73. The fourth-order valence-electron chi connectivity index (χ4n) is 6.60. The van der Waals surface area contributed by atoms with Gasteiger partial charge in [0.05, 0.1) is 17.6 Å². The van der Waals surface area contributed by atoms with Crippen molar-refractivity contribution in [2.75, 3.05) is 26.2 Å². The third-order valence-electron chi connectivity index (χ3n) is 9.02. The molecule has 2 aromatic carbocycles. The van der Waals surface area contributed by atoms with Gasteiger partial charge in [-0.25, -0.2) is 0 Å². The van der Waals surface area contributed by atoms with Crippen molar-refractivity contribution in [1.29, 1.82) is 5.26 Å². The minimum Gasteiger partial charge on any atom is -0.481 e. The lowest BCUT2D eigenvalue weighted by molar-refractivity contribution is -0.143. The molecule has 0 radical (unpaired) electrons. The average Bonchev–Trinajstić information content (AvgIpc) is 3.70. The molecule has 2 aliphatic carbocycles. The Balaban J connectivity index is 1.19. The molecule has 3 aliphatic rings. The van der Waals surface area contributed by atoms with Gasteiger partial charge in [0.25, 0.3) is 0 Å². The number of benzene rings is 2. The molecule has 36 heavy (non-hydrogen) atoms. The molecule has 1 saturated heterocycles. The van der Waals surface area contributed by atoms with Gasteiger partial charge in [-0.15, -0.1) is 0 Å². The van der Waals surface area contributed by atoms with Gasteiger partial charge >= 0.3 is 5.97 Å². The predicted octanol–water partition coefficient (Wildman–Crippen LogP) is 5.22. The molecule has 5 rings (SSSR count). The van der Waals surface area contributed by atoms with Crippen molar-refractivity contribution in [3.63, 3.8) is 0 Å². The maximum atomic E-state index is 11.3. The Labute approximate surface area is 215 Å². The Morgan fingerprint density at radius 3 is 2.50 bits per heavy atom. The molecule has 0 bridgehead atoms. The van der Waals surface area contributed by atoms with Crippen LogP contribution in [0.2, 0.25) is 0 Å². The Morgan fingerprint density at radius 2 is 1.81 bits per heavy atom. The Kier molecular flexibility index (Phi) is 7.74. The van der Waals surface area contributed by atoms with E-state index in [-0.39, 0.29) is 11.3 Å². The lowest BCUT2D eigenvalue weighted by Crippen LogP contribution is -2.48. The maximum Gasteiger partial charge on any atom is 0.306 e. The first kappa shape index (κ1) is 25.0. The minimum atomic E-state index is -0.616. The van der Waals surface area contributed by atoms with Crippen LogP contribution in [0.15, 0.2) is 54.6 Å². The number of nitrogens with one attached hydrogen (secondary N) is 1. The molecule has 1 heterocycles. The molecule has 2 saturated carbocycles. The normalized spacial score (nSPS) is 27.8. The number of rotatable bonds is 9. The Bertz CT molecular complexity index is 1060. The summed E-state index contributed by atoms with van der Waals surface area (Å²) in [5, 5.41) is 22.6. The summed E-state index contributed by atoms with van der Waals surface area (Å²) in [5.74, 6) is 0.518. The van der Waals surface area contributed by atoms with Crippen molar-refractivity contribution in [2.24, 2.45) is 17.3 Å². The zero-order valence-corrected chi connectivity index (χ0v) is 21.2. The number of aliphatic carboxylic acids is 1. The number of piperidine rings is 1. The summed E-state index contributed by atoms with van der Waals surface area (Å²) in [7, 11) is 0. The van der Waals surface area contributed by atoms with E-state index in [0.717, 1.165) is 76.7 Å². The molecule has 2 aromatic rings. The summed E-state index contributed by atoms with van der Waals surface area (Å²) < 4.78 is 0. The minimum absolute atomic E-state index is 0.132. The van der Waals surface area contributed by atoms with Crippen LogP contribution < -0.4 is 5.32 Å². The highest BCUT2D eigenvalue weighted by Gasteiger charge is 2.41. The highest BCUT2D eigenvalue weighted by atomic mass is 16.4. The molecule has 3 fully saturated rings. The fraction of sp³-hybridized carbons (Fsp3) is 0.548. The van der Waals surface area contributed by atoms with Crippen LogP contribution in [0.3, 0.4) is 0 Å². The molecule has 0 aromatic heterocycles. The van der Waals surface area contributed by atoms with Crippen LogP contribution in [0, 0.1) is 28.6 Å². The third-order valence-corrected chi connectivity index (χ3v) is 9.02. The van der Waals surface area contributed by atoms with Crippen LogP contribution in [-0.2, 0) is 11.2 Å². The highest BCUT2D eigenvalue weighted by Crippen LogP contribution is 2.43. The highest BCUT2D eigenvalue weighted by molar-refractivity contribution is 5.70. The number of carbonyl (C=O) groups is 1. The first-order valence-electron chi connectivity index (χ1n) is 13.8. The molecule has 0 amide bonds. The summed E-state index contributed by atoms with van der Waals surface area (Å²) in [6.45, 7) is 4.34. The Hall–Kier alpha value is -2.68. The molecule has 5 nitrogen and oxygen atoms in total. The smallest absolute Gasteiger partial charge is 0.306 e. The number of carboxylic acids is 1. The predicted molar refractivity (Wildman–Crippen MR) is 142 cm³/mol. The molecule has 5 heteroatoms. The number of nitriles is 1. The molecule has 0 spiro atoms. The van der Waals surface area contributed by atoms with Crippen LogP contribution in [0.25, 0.3) is 0 Å². The van der Waals surface area contributed by atoms with Crippen LogP contribution in [0.1, 0.15) is 67.6 Å². The van der Waals surface area contributed by atoms with Crippen molar-refractivity contribution >= 4 is 5.97 Å². The molecule has 1 unspecified atom stereocenters. The lowest BCUT2D eigenvalue weighted by Gasteiger charge is -2.44. The van der Waals surface area contributed by atoms with Gasteiger partial charge in [0, 0.05) is 25.0 Å². The standard InChI is InChI=1S/C31H39N3O2/c32-20-25-6-4-5-24(17-25)19-31(22-33-29-18-28(29)26-7-2-1-3-8-26)13-15-34(16-14-31)21-23-9-11-27(12-10-23)30(35)36/h1-8,17,23,27-29,33H,9-16,18-19,21-22H2,(H,35,36)/t23?,27?,28?,29-/m1/s1. The second kappa shape index (κ2) is 11.2. The quantitative estimate of drug-likeness (QED) is 0.509. The van der Waals surface area contributed by atoms with Crippen molar-refractivity contribution < 1.29 is 9.90 Å². The second-order valence-electron chi connectivity index (χ2n) is 11.6. The van der Waals surface area contributed by atoms with Gasteiger partial charge in [-0.1, -0.05) is 42.5 Å². The van der Waals surface area contributed by atoms with E-state index in [2.05, 4.69) is 58.8 Å². The van der Waals surface area contributed by atoms with Crippen molar-refractivity contribution in [1.82, 2.24) is 10.2 Å². The van der Waals surface area contributed by atoms with Crippen LogP contribution >= 0.6 is 0 Å². The monoisotopic (exact) mass is 485 g/mol. The molecule has 190 valence electrons. The SMILES string of the molecule is N#Cc1cccc(CC2(CN[C@@H]3CC3c3ccccc3)CCN(CC3CCC(C(=O)O)CC3)CC2)c1. The number of hydrogen-bond acceptors (Lipinski definition) is 4. The zero-order chi connectivity index (χ0) is 25.0. The summed E-state index contributed by atoms with van der Waals surface area (Å²) in [5.41, 5.74) is 3.66. The largest absolute Gasteiger partial charge is 0.481 e. The summed E-state index contributed by atoms with van der Waals surface area (Å²) in [4.78, 5) is 13.9. The number of likely N-dealkylation sites (tertiary alicyclic amines) is 1. The van der Waals surface area contributed by atoms with E-state index in [1.165, 1.54) is 17.5 Å². The van der Waals surface area contributed by atoms with Crippen LogP contribution in [0.4, 0.5) is 0 Å². The van der Waals surface area contributed by atoms with Crippen molar-refractivity contribution in [2.45, 2.75) is 63.3 Å². The van der Waals surface area contributed by atoms with E-state index < -0.39 is 5.97 Å². The van der Waals surface area contributed by atoms with Crippen molar-refractivity contribution in [3.8, 4) is 6.07 Å².